The summed E-state index contributed by atoms with van der Waals surface area (Å²) in [6.07, 6.45) is -8.30. The summed E-state index contributed by atoms with van der Waals surface area (Å²) < 4.78 is 79.9. The molecule has 0 spiro atoms. The molecule has 1 amide bonds. The highest BCUT2D eigenvalue weighted by Gasteiger charge is 2.38. The van der Waals surface area contributed by atoms with E-state index in [1.807, 2.05) is 42.2 Å². The van der Waals surface area contributed by atoms with Crippen molar-refractivity contribution < 1.29 is 31.1 Å². The molecule has 1 aliphatic heterocycles. The van der Waals surface area contributed by atoms with E-state index in [0.717, 1.165) is 22.6 Å². The molecule has 0 N–H and O–H groups in total. The van der Waals surface area contributed by atoms with Crippen molar-refractivity contribution >= 4 is 11.7 Å². The van der Waals surface area contributed by atoms with Crippen LogP contribution < -0.4 is 4.90 Å². The second-order valence-corrected chi connectivity index (χ2v) is 9.46. The number of alkyl halides is 6. The Balaban J connectivity index is 1.61. The minimum atomic E-state index is -5.02. The van der Waals surface area contributed by atoms with E-state index >= 15 is 0 Å². The van der Waals surface area contributed by atoms with Gasteiger partial charge in [0.1, 0.15) is 11.6 Å². The van der Waals surface area contributed by atoms with Gasteiger partial charge in [0.2, 0.25) is 0 Å². The first-order valence-electron chi connectivity index (χ1n) is 12.6. The predicted molar refractivity (Wildman–Crippen MR) is 135 cm³/mol. The van der Waals surface area contributed by atoms with E-state index in [4.69, 9.17) is 4.98 Å². The minimum Gasteiger partial charge on any atom is -0.354 e. The van der Waals surface area contributed by atoms with Crippen LogP contribution in [0.15, 0.2) is 48.5 Å². The van der Waals surface area contributed by atoms with Crippen molar-refractivity contribution in [1.29, 1.82) is 0 Å². The number of amides is 1. The summed E-state index contributed by atoms with van der Waals surface area (Å²) in [5.41, 5.74) is -0.708. The van der Waals surface area contributed by atoms with Gasteiger partial charge in [-0.15, -0.1) is 0 Å². The molecule has 4 rings (SSSR count). The Labute approximate surface area is 222 Å². The monoisotopic (exact) mass is 550 g/mol. The Kier molecular flexibility index (Phi) is 8.17. The highest BCUT2D eigenvalue weighted by molar-refractivity contribution is 5.94. The molecule has 1 saturated heterocycles. The lowest BCUT2D eigenvalue weighted by Gasteiger charge is -2.26. The summed E-state index contributed by atoms with van der Waals surface area (Å²) in [7, 11) is 0. The molecule has 208 valence electrons. The molecule has 1 aromatic heterocycles. The Hall–Kier alpha value is -3.63. The quantitative estimate of drug-likeness (QED) is 0.349. The number of rotatable bonds is 5. The number of benzene rings is 2. The second-order valence-electron chi connectivity index (χ2n) is 9.46. The Morgan fingerprint density at radius 1 is 0.872 bits per heavy atom. The van der Waals surface area contributed by atoms with Crippen LogP contribution in [0, 0.1) is 6.92 Å². The molecule has 11 heteroatoms. The van der Waals surface area contributed by atoms with Gasteiger partial charge < -0.3 is 9.80 Å². The lowest BCUT2D eigenvalue weighted by Crippen LogP contribution is -2.36. The number of nitrogens with zero attached hydrogens (tertiary/aromatic N) is 4. The average Bonchev–Trinajstić information content (AvgIpc) is 3.14. The molecule has 0 unspecified atom stereocenters. The Morgan fingerprint density at radius 2 is 1.51 bits per heavy atom. The first-order chi connectivity index (χ1) is 18.4. The van der Waals surface area contributed by atoms with Crippen LogP contribution in [0.4, 0.5) is 32.2 Å². The summed E-state index contributed by atoms with van der Waals surface area (Å²) >= 11 is 0. The number of aryl methyl sites for hydroxylation is 2. The zero-order valence-corrected chi connectivity index (χ0v) is 21.5. The van der Waals surface area contributed by atoms with Gasteiger partial charge in [0.05, 0.1) is 11.1 Å². The molecule has 2 aromatic carbocycles. The average molecular weight is 551 g/mol. The van der Waals surface area contributed by atoms with Crippen molar-refractivity contribution in [2.45, 2.75) is 45.5 Å². The number of aromatic nitrogens is 2. The van der Waals surface area contributed by atoms with E-state index < -0.39 is 35.0 Å². The van der Waals surface area contributed by atoms with Crippen LogP contribution in [-0.2, 0) is 25.2 Å². The van der Waals surface area contributed by atoms with Crippen LogP contribution in [0.5, 0.6) is 0 Å². The predicted octanol–water partition coefficient (Wildman–Crippen LogP) is 6.33. The van der Waals surface area contributed by atoms with Crippen molar-refractivity contribution in [2.24, 2.45) is 0 Å². The van der Waals surface area contributed by atoms with E-state index in [9.17, 15) is 31.1 Å². The van der Waals surface area contributed by atoms with Gasteiger partial charge in [-0.05, 0) is 43.5 Å². The number of hydrogen-bond donors (Lipinski definition) is 0. The normalized spacial score (nSPS) is 14.9. The van der Waals surface area contributed by atoms with Crippen molar-refractivity contribution in [2.75, 3.05) is 31.1 Å². The number of halogens is 6. The van der Waals surface area contributed by atoms with Crippen LogP contribution in [0.25, 0.3) is 0 Å². The van der Waals surface area contributed by atoms with Crippen LogP contribution >= 0.6 is 0 Å². The smallest absolute Gasteiger partial charge is 0.354 e. The summed E-state index contributed by atoms with van der Waals surface area (Å²) in [6, 6.07) is 10.8. The van der Waals surface area contributed by atoms with E-state index in [-0.39, 0.29) is 19.2 Å². The third kappa shape index (κ3) is 6.69. The van der Waals surface area contributed by atoms with Crippen molar-refractivity contribution in [3.05, 3.63) is 87.9 Å². The fourth-order valence-corrected chi connectivity index (χ4v) is 4.77. The molecule has 0 saturated carbocycles. The van der Waals surface area contributed by atoms with Gasteiger partial charge in [-0.3, -0.25) is 4.79 Å². The maximum atomic E-state index is 13.3. The largest absolute Gasteiger partial charge is 0.416 e. The molecule has 3 aromatic rings. The second kappa shape index (κ2) is 11.2. The summed E-state index contributed by atoms with van der Waals surface area (Å²) in [4.78, 5) is 25.8. The van der Waals surface area contributed by atoms with Crippen molar-refractivity contribution in [3.63, 3.8) is 0 Å². The van der Waals surface area contributed by atoms with E-state index in [1.54, 1.807) is 6.92 Å². The summed E-state index contributed by atoms with van der Waals surface area (Å²) in [5.74, 6) is 0.460. The third-order valence-electron chi connectivity index (χ3n) is 6.66. The molecule has 0 radical (unpaired) electrons. The van der Waals surface area contributed by atoms with Crippen LogP contribution in [-0.4, -0.2) is 47.0 Å². The highest BCUT2D eigenvalue weighted by Crippen LogP contribution is 2.36. The fraction of sp³-hybridized carbons (Fsp3) is 0.393. The van der Waals surface area contributed by atoms with Crippen molar-refractivity contribution in [3.8, 4) is 0 Å². The molecule has 1 fully saturated rings. The number of carbonyl (C=O) groups is 1. The zero-order valence-electron chi connectivity index (χ0n) is 21.5. The minimum absolute atomic E-state index is 0.0258. The van der Waals surface area contributed by atoms with Crippen molar-refractivity contribution in [1.82, 2.24) is 14.9 Å². The fourth-order valence-electron chi connectivity index (χ4n) is 4.77. The van der Waals surface area contributed by atoms with Gasteiger partial charge in [-0.1, -0.05) is 37.3 Å². The molecule has 39 heavy (non-hydrogen) atoms. The first-order valence-corrected chi connectivity index (χ1v) is 12.6. The zero-order chi connectivity index (χ0) is 28.4. The summed E-state index contributed by atoms with van der Waals surface area (Å²) in [5, 5.41) is 0. The van der Waals surface area contributed by atoms with Gasteiger partial charge in [-0.25, -0.2) is 9.97 Å². The number of hydrogen-bond acceptors (Lipinski definition) is 4. The molecular formula is C28H28F6N4O. The van der Waals surface area contributed by atoms with Crippen LogP contribution in [0.2, 0.25) is 0 Å². The SMILES string of the molecule is CCc1nc(C)nc(N2CCCN(C(=O)c3cc(C(F)(F)F)cc(C(F)(F)F)c3)CC2)c1Cc1ccccc1. The third-order valence-corrected chi connectivity index (χ3v) is 6.66. The summed E-state index contributed by atoms with van der Waals surface area (Å²) in [6.45, 7) is 4.94. The molecule has 1 aliphatic rings. The molecule has 0 atom stereocenters. The number of carbonyl (C=O) groups excluding carboxylic acids is 1. The molecule has 0 bridgehead atoms. The highest BCUT2D eigenvalue weighted by atomic mass is 19.4. The molecule has 0 aliphatic carbocycles. The van der Waals surface area contributed by atoms with E-state index in [2.05, 4.69) is 4.98 Å². The van der Waals surface area contributed by atoms with E-state index in [1.165, 1.54) is 4.90 Å². The topological polar surface area (TPSA) is 49.3 Å². The van der Waals surface area contributed by atoms with Gasteiger partial charge in [0, 0.05) is 49.4 Å². The maximum absolute atomic E-state index is 13.3. The first kappa shape index (κ1) is 28.4. The molecular weight excluding hydrogens is 522 g/mol. The Morgan fingerprint density at radius 3 is 2.10 bits per heavy atom. The van der Waals surface area contributed by atoms with Gasteiger partial charge in [-0.2, -0.15) is 26.3 Å². The standard InChI is InChI=1S/C28H28F6N4O/c1-3-24-23(14-19-8-5-4-6-9-19)25(36-18(2)35-24)37-10-7-11-38(13-12-37)26(39)20-15-21(27(29,30)31)17-22(16-20)28(32,33)34/h4-6,8-9,15-17H,3,7,10-14H2,1-2H3. The van der Waals surface area contributed by atoms with Crippen LogP contribution in [0.1, 0.15) is 57.5 Å². The molecule has 2 heterocycles. The van der Waals surface area contributed by atoms with Gasteiger partial charge in [0.15, 0.2) is 0 Å². The maximum Gasteiger partial charge on any atom is 0.416 e. The molecule has 5 nitrogen and oxygen atoms in total. The van der Waals surface area contributed by atoms with Crippen LogP contribution in [0.3, 0.4) is 0 Å². The van der Waals surface area contributed by atoms with Gasteiger partial charge >= 0.3 is 12.4 Å². The lowest BCUT2D eigenvalue weighted by molar-refractivity contribution is -0.143. The van der Waals surface area contributed by atoms with E-state index in [0.29, 0.717) is 50.3 Å². The number of anilines is 1. The van der Waals surface area contributed by atoms with Gasteiger partial charge in [0.25, 0.3) is 5.91 Å². The lowest BCUT2D eigenvalue weighted by atomic mass is 10.0. The Bertz CT molecular complexity index is 1290.